The molecule has 0 fully saturated rings. The van der Waals surface area contributed by atoms with Gasteiger partial charge in [0.05, 0.1) is 7.11 Å². The van der Waals surface area contributed by atoms with Crippen LogP contribution in [0, 0.1) is 17.0 Å². The summed E-state index contributed by atoms with van der Waals surface area (Å²) >= 11 is 1.30. The van der Waals surface area contributed by atoms with E-state index in [1.807, 2.05) is 72.2 Å². The first kappa shape index (κ1) is 25.3. The van der Waals surface area contributed by atoms with Crippen molar-refractivity contribution in [2.24, 2.45) is 0 Å². The van der Waals surface area contributed by atoms with Crippen molar-refractivity contribution in [3.05, 3.63) is 118 Å². The monoisotopic (exact) mass is 526 g/mol. The molecule has 8 nitrogen and oxygen atoms in total. The van der Waals surface area contributed by atoms with Crippen molar-refractivity contribution in [3.63, 3.8) is 0 Å². The molecule has 0 saturated carbocycles. The van der Waals surface area contributed by atoms with Gasteiger partial charge >= 0.3 is 0 Å². The Labute approximate surface area is 224 Å². The third-order valence-electron chi connectivity index (χ3n) is 6.19. The highest BCUT2D eigenvalue weighted by atomic mass is 32.2. The lowest BCUT2D eigenvalue weighted by Gasteiger charge is -2.17. The van der Waals surface area contributed by atoms with Gasteiger partial charge in [-0.2, -0.15) is 0 Å². The van der Waals surface area contributed by atoms with Crippen molar-refractivity contribution in [1.29, 1.82) is 0 Å². The third-order valence-corrected chi connectivity index (χ3v) is 7.38. The highest BCUT2D eigenvalue weighted by molar-refractivity contribution is 7.99. The minimum Gasteiger partial charge on any atom is -0.493 e. The average molecular weight is 527 g/mol. The number of hydrogen-bond donors (Lipinski definition) is 0. The largest absolute Gasteiger partial charge is 0.493 e. The Morgan fingerprint density at radius 1 is 0.947 bits per heavy atom. The van der Waals surface area contributed by atoms with Gasteiger partial charge in [-0.15, -0.1) is 10.2 Å². The number of ether oxygens (including phenoxy) is 2. The van der Waals surface area contributed by atoms with Crippen molar-refractivity contribution in [3.8, 4) is 17.2 Å². The second-order valence-electron chi connectivity index (χ2n) is 8.66. The van der Waals surface area contributed by atoms with E-state index in [9.17, 15) is 10.1 Å². The van der Waals surface area contributed by atoms with E-state index in [4.69, 9.17) is 9.47 Å². The summed E-state index contributed by atoms with van der Waals surface area (Å²) in [6.07, 6.45) is 0. The van der Waals surface area contributed by atoms with Gasteiger partial charge in [0.2, 0.25) is 6.54 Å². The minimum atomic E-state index is -0.517. The number of rotatable bonds is 10. The molecule has 4 aromatic carbocycles. The Kier molecular flexibility index (Phi) is 7.55. The van der Waals surface area contributed by atoms with Crippen LogP contribution >= 0.6 is 11.8 Å². The molecular formula is C29H26N4O4S. The lowest BCUT2D eigenvalue weighted by atomic mass is 10.1. The maximum Gasteiger partial charge on any atom is 0.220 e. The summed E-state index contributed by atoms with van der Waals surface area (Å²) < 4.78 is 13.7. The molecule has 0 amide bonds. The van der Waals surface area contributed by atoms with Gasteiger partial charge in [-0.1, -0.05) is 78.5 Å². The Morgan fingerprint density at radius 3 is 2.50 bits per heavy atom. The second kappa shape index (κ2) is 11.4. The van der Waals surface area contributed by atoms with Crippen molar-refractivity contribution < 1.29 is 14.4 Å². The third kappa shape index (κ3) is 5.47. The Hall–Kier alpha value is -4.37. The first-order chi connectivity index (χ1) is 18.5. The number of aryl methyl sites for hydroxylation is 1. The van der Waals surface area contributed by atoms with E-state index >= 15 is 0 Å². The number of benzene rings is 4. The Morgan fingerprint density at radius 2 is 1.71 bits per heavy atom. The molecule has 0 unspecified atom stereocenters. The van der Waals surface area contributed by atoms with Crippen LogP contribution in [0.4, 0.5) is 0 Å². The van der Waals surface area contributed by atoms with Crippen molar-refractivity contribution in [2.45, 2.75) is 23.9 Å². The summed E-state index contributed by atoms with van der Waals surface area (Å²) in [5.74, 6) is 1.78. The lowest BCUT2D eigenvalue weighted by Crippen LogP contribution is -2.11. The van der Waals surface area contributed by atoms with Crippen molar-refractivity contribution >= 4 is 22.5 Å². The van der Waals surface area contributed by atoms with Crippen LogP contribution in [0.25, 0.3) is 16.5 Å². The predicted octanol–water partition coefficient (Wildman–Crippen LogP) is 6.43. The molecule has 0 aliphatic heterocycles. The van der Waals surface area contributed by atoms with Crippen LogP contribution < -0.4 is 9.47 Å². The summed E-state index contributed by atoms with van der Waals surface area (Å²) in [6.45, 7) is 1.94. The SMILES string of the molecule is COc1cc([C@H](C[N+](=O)[O-])Sc2nnc(C)n2-c2ccccc2)ccc1OCc1cccc2ccccc12. The molecule has 0 spiro atoms. The quantitative estimate of drug-likeness (QED) is 0.118. The van der Waals surface area contributed by atoms with Crippen LogP contribution in [0.5, 0.6) is 11.5 Å². The van der Waals surface area contributed by atoms with Crippen molar-refractivity contribution in [2.75, 3.05) is 13.7 Å². The fourth-order valence-corrected chi connectivity index (χ4v) is 5.51. The maximum atomic E-state index is 11.6. The number of methoxy groups -OCH3 is 1. The molecule has 38 heavy (non-hydrogen) atoms. The Balaban J connectivity index is 1.41. The molecule has 9 heteroatoms. The highest BCUT2D eigenvalue weighted by Gasteiger charge is 2.25. The molecule has 1 atom stereocenters. The van der Waals surface area contributed by atoms with E-state index in [0.717, 1.165) is 27.6 Å². The summed E-state index contributed by atoms with van der Waals surface area (Å²) in [5, 5.41) is 22.5. The molecule has 0 aliphatic carbocycles. The number of para-hydroxylation sites is 1. The topological polar surface area (TPSA) is 92.3 Å². The summed E-state index contributed by atoms with van der Waals surface area (Å²) in [7, 11) is 1.56. The first-order valence-corrected chi connectivity index (χ1v) is 12.9. The first-order valence-electron chi connectivity index (χ1n) is 12.1. The summed E-state index contributed by atoms with van der Waals surface area (Å²) in [6, 6.07) is 29.4. The van der Waals surface area contributed by atoms with Gasteiger partial charge in [-0.25, -0.2) is 0 Å². The lowest BCUT2D eigenvalue weighted by molar-refractivity contribution is -0.479. The van der Waals surface area contributed by atoms with E-state index < -0.39 is 5.25 Å². The molecule has 5 rings (SSSR count). The van der Waals surface area contributed by atoms with Crippen LogP contribution in [0.3, 0.4) is 0 Å². The van der Waals surface area contributed by atoms with Crippen LogP contribution in [0.2, 0.25) is 0 Å². The molecule has 0 bridgehead atoms. The van der Waals surface area contributed by atoms with Gasteiger partial charge in [-0.3, -0.25) is 14.7 Å². The van der Waals surface area contributed by atoms with Crippen LogP contribution in [-0.4, -0.2) is 33.3 Å². The number of fused-ring (bicyclic) bond motifs is 1. The van der Waals surface area contributed by atoms with Gasteiger partial charge in [0.1, 0.15) is 17.7 Å². The van der Waals surface area contributed by atoms with Crippen LogP contribution in [0.1, 0.15) is 22.2 Å². The van der Waals surface area contributed by atoms with Gasteiger partial charge in [0, 0.05) is 10.6 Å². The smallest absolute Gasteiger partial charge is 0.220 e. The molecule has 0 N–H and O–H groups in total. The number of aromatic nitrogens is 3. The molecule has 0 aliphatic rings. The van der Waals surface area contributed by atoms with Crippen LogP contribution in [-0.2, 0) is 6.61 Å². The zero-order valence-electron chi connectivity index (χ0n) is 21.0. The predicted molar refractivity (Wildman–Crippen MR) is 148 cm³/mol. The average Bonchev–Trinajstić information content (AvgIpc) is 3.31. The molecule has 0 radical (unpaired) electrons. The standard InChI is InChI=1S/C29H26N4O4S/c1-20-30-31-29(33(20)24-12-4-3-5-13-24)38-28(18-32(34)35)22-15-16-26(27(17-22)36-2)37-19-23-11-8-10-21-9-6-7-14-25(21)23/h3-17,28H,18-19H2,1-2H3/t28-/m0/s1. The minimum absolute atomic E-state index is 0.287. The van der Waals surface area contributed by atoms with E-state index in [1.54, 1.807) is 19.2 Å². The molecule has 192 valence electrons. The summed E-state index contributed by atoms with van der Waals surface area (Å²) in [5.41, 5.74) is 2.69. The van der Waals surface area contributed by atoms with Gasteiger partial charge in [0.25, 0.3) is 0 Å². The van der Waals surface area contributed by atoms with Gasteiger partial charge in [-0.05, 0) is 53.1 Å². The molecule has 5 aromatic rings. The number of hydrogen-bond acceptors (Lipinski definition) is 7. The molecule has 0 saturated heterocycles. The van der Waals surface area contributed by atoms with Gasteiger partial charge in [0.15, 0.2) is 16.7 Å². The number of thioether (sulfide) groups is 1. The highest BCUT2D eigenvalue weighted by Crippen LogP contribution is 2.39. The zero-order valence-corrected chi connectivity index (χ0v) is 21.8. The number of nitrogens with zero attached hydrogens (tertiary/aromatic N) is 4. The zero-order chi connectivity index (χ0) is 26.5. The maximum absolute atomic E-state index is 11.6. The van der Waals surface area contributed by atoms with E-state index in [0.29, 0.717) is 29.1 Å². The van der Waals surface area contributed by atoms with E-state index in [1.165, 1.54) is 11.8 Å². The Bertz CT molecular complexity index is 1570. The molecule has 1 heterocycles. The van der Waals surface area contributed by atoms with Gasteiger partial charge < -0.3 is 9.47 Å². The van der Waals surface area contributed by atoms with E-state index in [2.05, 4.69) is 28.4 Å². The van der Waals surface area contributed by atoms with Crippen molar-refractivity contribution in [1.82, 2.24) is 14.8 Å². The summed E-state index contributed by atoms with van der Waals surface area (Å²) in [4.78, 5) is 11.3. The fourth-order valence-electron chi connectivity index (χ4n) is 4.34. The normalized spacial score (nSPS) is 11.8. The van der Waals surface area contributed by atoms with E-state index in [-0.39, 0.29) is 11.5 Å². The molecular weight excluding hydrogens is 500 g/mol. The number of nitro groups is 1. The second-order valence-corrected chi connectivity index (χ2v) is 9.83. The molecule has 1 aromatic heterocycles. The van der Waals surface area contributed by atoms with Crippen LogP contribution in [0.15, 0.2) is 96.2 Å². The fraction of sp³-hybridized carbons (Fsp3) is 0.172.